The molecule has 0 amide bonds. The van der Waals surface area contributed by atoms with E-state index in [-0.39, 0.29) is 35.6 Å². The Kier molecular flexibility index (Phi) is 15.5. The minimum absolute atomic E-state index is 0. The van der Waals surface area contributed by atoms with Crippen molar-refractivity contribution in [2.45, 2.75) is 143 Å². The molecule has 0 atom stereocenters. The Hall–Kier alpha value is -1.87. The Bertz CT molecular complexity index is 2000. The van der Waals surface area contributed by atoms with E-state index in [1.807, 2.05) is 0 Å². The van der Waals surface area contributed by atoms with Crippen LogP contribution < -0.4 is 38.5 Å². The molecule has 0 fully saturated rings. The molecule has 6 rings (SSSR count). The van der Waals surface area contributed by atoms with Crippen molar-refractivity contribution in [1.82, 2.24) is 0 Å². The van der Waals surface area contributed by atoms with Gasteiger partial charge in [0, 0.05) is 0 Å². The van der Waals surface area contributed by atoms with Gasteiger partial charge in [-0.1, -0.05) is 0 Å². The molecule has 0 N–H and O–H groups in total. The summed E-state index contributed by atoms with van der Waals surface area (Å²) in [4.78, 5) is 0. The predicted molar refractivity (Wildman–Crippen MR) is 243 cm³/mol. The Morgan fingerprint density at radius 2 is 1.09 bits per heavy atom. The first-order valence-corrected chi connectivity index (χ1v) is 30.3. The van der Waals surface area contributed by atoms with E-state index >= 15 is 0 Å². The molecule has 0 spiro atoms. The third-order valence-corrected chi connectivity index (χ3v) is 32.8. The average molecular weight is 899 g/mol. The van der Waals surface area contributed by atoms with Gasteiger partial charge >= 0.3 is 342 Å². The molecule has 0 aliphatic heterocycles. The first kappa shape index (κ1) is 46.8. The van der Waals surface area contributed by atoms with Crippen LogP contribution in [0.4, 0.5) is 0 Å². The Morgan fingerprint density at radius 3 is 1.50 bits per heavy atom. The average Bonchev–Trinajstić information content (AvgIpc) is 3.84. The van der Waals surface area contributed by atoms with E-state index in [0.29, 0.717) is 0 Å². The van der Waals surface area contributed by atoms with Crippen LogP contribution in [0.1, 0.15) is 123 Å². The number of hydrogen-bond acceptors (Lipinski definition) is 0. The van der Waals surface area contributed by atoms with Crippen molar-refractivity contribution in [1.29, 1.82) is 0 Å². The predicted octanol–water partition coefficient (Wildman–Crippen LogP) is 6.65. The van der Waals surface area contributed by atoms with Crippen molar-refractivity contribution < 1.29 is 46.1 Å². The van der Waals surface area contributed by atoms with Gasteiger partial charge in [-0.25, -0.2) is 0 Å². The van der Waals surface area contributed by atoms with E-state index in [4.69, 9.17) is 0 Å². The SMILES string of the molecule is CC[Si](CC)(CC)c1ccc([C](c2ccc([Si](CC)(CC)CC)cc2)=[Zr+2]([C]2=CC=CC2)[c]2cc(C(C)(C)C)cc3c2Cc2c-3cccc2C(C)(C)C)cc1.[Cl-].[Cl-]. The van der Waals surface area contributed by atoms with Gasteiger partial charge in [-0.2, -0.15) is 0 Å². The quantitative estimate of drug-likeness (QED) is 0.123. The molecule has 0 aromatic heterocycles. The van der Waals surface area contributed by atoms with Crippen molar-refractivity contribution in [2.24, 2.45) is 0 Å². The first-order chi connectivity index (χ1) is 25.7. The smallest absolute Gasteiger partial charge is 1.00 e. The third-order valence-electron chi connectivity index (χ3n) is 14.0. The summed E-state index contributed by atoms with van der Waals surface area (Å²) in [6.07, 6.45) is 9.44. The number of rotatable bonds is 12. The summed E-state index contributed by atoms with van der Waals surface area (Å²) in [5, 5.41) is 3.29. The van der Waals surface area contributed by atoms with Gasteiger partial charge in [-0.3, -0.25) is 0 Å². The molecule has 2 aliphatic rings. The van der Waals surface area contributed by atoms with Crippen molar-refractivity contribution in [2.75, 3.05) is 0 Å². The molecule has 0 saturated carbocycles. The standard InChI is InChI=1S/C25H38Si2.C21H25.C5H5.2ClH.Zr/c1-7-26(8-2,9-3)24-17-13-22(14-18-24)21-23-15-19-25(20-16-23)27(10-4,11-5)12-6;1-20(2,3)15-11-10-14-12-18-16(17(14)13-15)8-7-9-19(18)21(4,5)6;1-2-4-5-3-1;;;/h13-20H,7-12H2,1-6H3;7-9,11,13H,12H2,1-6H3;1-3H,4H2;2*1H;/q;;;;;+2/p-2. The molecular weight excluding hydrogens is 831 g/mol. The number of hydrogen-bond donors (Lipinski definition) is 0. The molecule has 0 radical (unpaired) electrons. The van der Waals surface area contributed by atoms with Crippen molar-refractivity contribution >= 4 is 33.0 Å². The number of halogens is 2. The van der Waals surface area contributed by atoms with Gasteiger partial charge < -0.3 is 24.8 Å². The van der Waals surface area contributed by atoms with Crippen LogP contribution in [0.15, 0.2) is 100 Å². The molecule has 5 heteroatoms. The Balaban J connectivity index is 0.00000348. The normalized spacial score (nSPS) is 13.6. The summed E-state index contributed by atoms with van der Waals surface area (Å²) >= 11 is -2.85. The maximum atomic E-state index is 2.71. The second kappa shape index (κ2) is 18.6. The van der Waals surface area contributed by atoms with Gasteiger partial charge in [0.15, 0.2) is 0 Å². The van der Waals surface area contributed by atoms with E-state index in [1.54, 1.807) is 31.3 Å². The fraction of sp³-hybridized carbons (Fsp3) is 0.431. The maximum Gasteiger partial charge on any atom is -1.00 e. The second-order valence-electron chi connectivity index (χ2n) is 18.5. The van der Waals surface area contributed by atoms with E-state index in [9.17, 15) is 0 Å². The largest absolute Gasteiger partial charge is 1.00 e. The third kappa shape index (κ3) is 8.70. The van der Waals surface area contributed by atoms with E-state index in [0.717, 1.165) is 12.8 Å². The minimum atomic E-state index is -2.85. The van der Waals surface area contributed by atoms with Crippen LogP contribution in [0, 0.1) is 0 Å². The molecule has 0 saturated heterocycles. The van der Waals surface area contributed by atoms with Gasteiger partial charge in [0.1, 0.15) is 0 Å². The van der Waals surface area contributed by atoms with E-state index < -0.39 is 37.4 Å². The number of benzene rings is 4. The van der Waals surface area contributed by atoms with Crippen LogP contribution in [0.25, 0.3) is 11.1 Å². The zero-order valence-electron chi connectivity index (χ0n) is 36.7. The monoisotopic (exact) mass is 896 g/mol. The van der Waals surface area contributed by atoms with Crippen LogP contribution >= 0.6 is 0 Å². The molecular formula is C51H68Cl2Si2Zr. The molecule has 0 unspecified atom stereocenters. The summed E-state index contributed by atoms with van der Waals surface area (Å²) in [6.45, 7) is 29.1. The van der Waals surface area contributed by atoms with Crippen molar-refractivity contribution in [3.8, 4) is 11.1 Å². The zero-order chi connectivity index (χ0) is 39.1. The topological polar surface area (TPSA) is 0 Å². The van der Waals surface area contributed by atoms with Gasteiger partial charge in [0.2, 0.25) is 0 Å². The number of allylic oxidation sites excluding steroid dienone is 4. The molecule has 56 heavy (non-hydrogen) atoms. The second-order valence-corrected chi connectivity index (χ2v) is 35.0. The van der Waals surface area contributed by atoms with Gasteiger partial charge in [-0.15, -0.1) is 0 Å². The summed E-state index contributed by atoms with van der Waals surface area (Å²) in [5.74, 6) is 0. The molecule has 4 aromatic carbocycles. The molecule has 2 aliphatic carbocycles. The van der Waals surface area contributed by atoms with Crippen molar-refractivity contribution in [3.05, 3.63) is 134 Å². The maximum absolute atomic E-state index is 2.85. The van der Waals surface area contributed by atoms with Crippen LogP contribution in [-0.4, -0.2) is 19.4 Å². The van der Waals surface area contributed by atoms with Crippen LogP contribution in [-0.2, 0) is 38.5 Å². The van der Waals surface area contributed by atoms with Crippen molar-refractivity contribution in [3.63, 3.8) is 0 Å². The zero-order valence-corrected chi connectivity index (χ0v) is 42.6. The van der Waals surface area contributed by atoms with Crippen LogP contribution in [0.2, 0.25) is 36.3 Å². The minimum Gasteiger partial charge on any atom is -1.00 e. The van der Waals surface area contributed by atoms with Gasteiger partial charge in [-0.05, 0) is 0 Å². The summed E-state index contributed by atoms with van der Waals surface area (Å²) in [6, 6.07) is 40.9. The molecule has 298 valence electrons. The van der Waals surface area contributed by atoms with Crippen LogP contribution in [0.3, 0.4) is 0 Å². The number of fused-ring (bicyclic) bond motifs is 3. The fourth-order valence-corrected chi connectivity index (χ4v) is 25.1. The fourth-order valence-electron chi connectivity index (χ4n) is 9.93. The molecule has 0 heterocycles. The van der Waals surface area contributed by atoms with Crippen LogP contribution in [0.5, 0.6) is 0 Å². The Labute approximate surface area is 364 Å². The molecule has 0 nitrogen and oxygen atoms in total. The van der Waals surface area contributed by atoms with E-state index in [2.05, 4.69) is 180 Å². The molecule has 4 aromatic rings. The summed E-state index contributed by atoms with van der Waals surface area (Å²) < 4.78 is 5.08. The van der Waals surface area contributed by atoms with Gasteiger partial charge in [0.05, 0.1) is 0 Å². The summed E-state index contributed by atoms with van der Waals surface area (Å²) in [7, 11) is -3.00. The Morgan fingerprint density at radius 1 is 0.589 bits per heavy atom. The van der Waals surface area contributed by atoms with E-state index in [1.165, 1.54) is 69.6 Å². The summed E-state index contributed by atoms with van der Waals surface area (Å²) in [5.41, 5.74) is 12.2. The first-order valence-electron chi connectivity index (χ1n) is 21.3. The molecule has 0 bridgehead atoms. The van der Waals surface area contributed by atoms with Gasteiger partial charge in [0.25, 0.3) is 0 Å².